The zero-order chi connectivity index (χ0) is 14.4. The molecule has 2 aromatic rings. The van der Waals surface area contributed by atoms with Crippen molar-refractivity contribution in [2.75, 3.05) is 18.6 Å². The highest BCUT2D eigenvalue weighted by molar-refractivity contribution is 8.00. The summed E-state index contributed by atoms with van der Waals surface area (Å²) < 4.78 is 29.5. The van der Waals surface area contributed by atoms with Gasteiger partial charge in [0, 0.05) is 10.6 Å². The average molecular weight is 308 g/mol. The Morgan fingerprint density at radius 3 is 2.35 bits per heavy atom. The van der Waals surface area contributed by atoms with Crippen LogP contribution >= 0.6 is 11.8 Å². The molecule has 0 atom stereocenters. The van der Waals surface area contributed by atoms with E-state index in [0.717, 1.165) is 10.6 Å². The van der Waals surface area contributed by atoms with Crippen molar-refractivity contribution in [3.05, 3.63) is 54.6 Å². The zero-order valence-corrected chi connectivity index (χ0v) is 12.8. The summed E-state index contributed by atoms with van der Waals surface area (Å²) in [6.07, 6.45) is 0. The van der Waals surface area contributed by atoms with Gasteiger partial charge < -0.3 is 4.74 Å². The van der Waals surface area contributed by atoms with Crippen molar-refractivity contribution >= 4 is 21.6 Å². The van der Waals surface area contributed by atoms with E-state index < -0.39 is 9.84 Å². The summed E-state index contributed by atoms with van der Waals surface area (Å²) in [5.41, 5.74) is 0. The molecule has 0 heterocycles. The molecule has 2 rings (SSSR count). The molecular formula is C15H16O3S2. The second-order valence-corrected chi connectivity index (χ2v) is 7.38. The van der Waals surface area contributed by atoms with Crippen molar-refractivity contribution in [1.29, 1.82) is 0 Å². The molecule has 3 nitrogen and oxygen atoms in total. The first kappa shape index (κ1) is 14.9. The van der Waals surface area contributed by atoms with Crippen LogP contribution in [-0.4, -0.2) is 27.0 Å². The van der Waals surface area contributed by atoms with Crippen LogP contribution in [-0.2, 0) is 9.84 Å². The molecule has 0 fully saturated rings. The molecule has 0 aliphatic carbocycles. The van der Waals surface area contributed by atoms with Crippen LogP contribution in [0.4, 0.5) is 0 Å². The molecule has 0 aliphatic rings. The maximum atomic E-state index is 12.1. The summed E-state index contributed by atoms with van der Waals surface area (Å²) >= 11 is 1.49. The topological polar surface area (TPSA) is 43.4 Å². The smallest absolute Gasteiger partial charge is 0.179 e. The molecule has 0 saturated heterocycles. The van der Waals surface area contributed by atoms with E-state index in [1.54, 1.807) is 31.4 Å². The molecule has 5 heteroatoms. The SMILES string of the molecule is COc1ccccc1SCCS(=O)(=O)c1ccccc1. The molecule has 0 aliphatic heterocycles. The minimum absolute atomic E-state index is 0.111. The van der Waals surface area contributed by atoms with Gasteiger partial charge in [0.25, 0.3) is 0 Å². The number of methoxy groups -OCH3 is 1. The lowest BCUT2D eigenvalue weighted by Gasteiger charge is -2.08. The Hall–Kier alpha value is -1.46. The highest BCUT2D eigenvalue weighted by Crippen LogP contribution is 2.29. The maximum absolute atomic E-state index is 12.1. The maximum Gasteiger partial charge on any atom is 0.179 e. The van der Waals surface area contributed by atoms with Gasteiger partial charge in [0.1, 0.15) is 5.75 Å². The number of sulfone groups is 1. The van der Waals surface area contributed by atoms with Gasteiger partial charge in [-0.3, -0.25) is 0 Å². The molecule has 0 saturated carbocycles. The number of para-hydroxylation sites is 1. The first-order valence-electron chi connectivity index (χ1n) is 6.17. The number of ether oxygens (including phenoxy) is 1. The van der Waals surface area contributed by atoms with Crippen molar-refractivity contribution in [2.45, 2.75) is 9.79 Å². The lowest BCUT2D eigenvalue weighted by molar-refractivity contribution is 0.405. The van der Waals surface area contributed by atoms with Crippen LogP contribution in [0.25, 0.3) is 0 Å². The fraction of sp³-hybridized carbons (Fsp3) is 0.200. The van der Waals surface area contributed by atoms with Crippen LogP contribution in [0.15, 0.2) is 64.4 Å². The average Bonchev–Trinajstić information content (AvgIpc) is 2.48. The Balaban J connectivity index is 1.99. The molecule has 0 unspecified atom stereocenters. The Labute approximate surface area is 123 Å². The van der Waals surface area contributed by atoms with Crippen LogP contribution < -0.4 is 4.74 Å². The molecule has 0 bridgehead atoms. The number of rotatable bonds is 6. The second-order valence-electron chi connectivity index (χ2n) is 4.13. The molecule has 0 amide bonds. The third kappa shape index (κ3) is 3.77. The lowest BCUT2D eigenvalue weighted by Crippen LogP contribution is -2.08. The first-order chi connectivity index (χ1) is 9.63. The summed E-state index contributed by atoms with van der Waals surface area (Å²) in [7, 11) is -1.60. The van der Waals surface area contributed by atoms with Crippen molar-refractivity contribution in [3.8, 4) is 5.75 Å². The van der Waals surface area contributed by atoms with E-state index in [2.05, 4.69) is 0 Å². The zero-order valence-electron chi connectivity index (χ0n) is 11.2. The monoisotopic (exact) mass is 308 g/mol. The highest BCUT2D eigenvalue weighted by atomic mass is 32.2. The van der Waals surface area contributed by atoms with Gasteiger partial charge in [-0.15, -0.1) is 11.8 Å². The predicted molar refractivity (Wildman–Crippen MR) is 82.2 cm³/mol. The van der Waals surface area contributed by atoms with Gasteiger partial charge in [-0.1, -0.05) is 30.3 Å². The number of hydrogen-bond acceptors (Lipinski definition) is 4. The number of hydrogen-bond donors (Lipinski definition) is 0. The van der Waals surface area contributed by atoms with Crippen LogP contribution in [0.5, 0.6) is 5.75 Å². The molecule has 0 spiro atoms. The van der Waals surface area contributed by atoms with Crippen molar-refractivity contribution in [2.24, 2.45) is 0 Å². The van der Waals surface area contributed by atoms with E-state index in [4.69, 9.17) is 4.74 Å². The first-order valence-corrected chi connectivity index (χ1v) is 8.81. The van der Waals surface area contributed by atoms with Crippen molar-refractivity contribution in [3.63, 3.8) is 0 Å². The summed E-state index contributed by atoms with van der Waals surface area (Å²) in [4.78, 5) is 1.33. The van der Waals surface area contributed by atoms with Crippen LogP contribution in [0, 0.1) is 0 Å². The van der Waals surface area contributed by atoms with Crippen LogP contribution in [0.2, 0.25) is 0 Å². The van der Waals surface area contributed by atoms with Gasteiger partial charge in [-0.05, 0) is 24.3 Å². The normalized spacial score (nSPS) is 11.2. The van der Waals surface area contributed by atoms with Gasteiger partial charge in [-0.25, -0.2) is 8.42 Å². The Morgan fingerprint density at radius 1 is 1.00 bits per heavy atom. The Bertz CT molecular complexity index is 652. The third-order valence-electron chi connectivity index (χ3n) is 2.78. The summed E-state index contributed by atoms with van der Waals surface area (Å²) in [5, 5.41) is 0. The van der Waals surface area contributed by atoms with E-state index in [1.807, 2.05) is 30.3 Å². The van der Waals surface area contributed by atoms with Crippen molar-refractivity contribution < 1.29 is 13.2 Å². The molecule has 0 aromatic heterocycles. The number of thioether (sulfide) groups is 1. The molecule has 0 radical (unpaired) electrons. The van der Waals surface area contributed by atoms with E-state index in [1.165, 1.54) is 11.8 Å². The van der Waals surface area contributed by atoms with E-state index in [0.29, 0.717) is 10.6 Å². The fourth-order valence-corrected chi connectivity index (χ4v) is 4.45. The molecule has 106 valence electrons. The largest absolute Gasteiger partial charge is 0.496 e. The minimum Gasteiger partial charge on any atom is -0.496 e. The quantitative estimate of drug-likeness (QED) is 0.768. The molecule has 20 heavy (non-hydrogen) atoms. The molecule has 0 N–H and O–H groups in total. The van der Waals surface area contributed by atoms with Gasteiger partial charge in [-0.2, -0.15) is 0 Å². The standard InChI is InChI=1S/C15H16O3S2/c1-18-14-9-5-6-10-15(14)19-11-12-20(16,17)13-7-3-2-4-8-13/h2-10H,11-12H2,1H3. The Kier molecular flexibility index (Phi) is 5.09. The Morgan fingerprint density at radius 2 is 1.65 bits per heavy atom. The van der Waals surface area contributed by atoms with E-state index >= 15 is 0 Å². The number of benzene rings is 2. The van der Waals surface area contributed by atoms with Gasteiger partial charge in [0.15, 0.2) is 9.84 Å². The lowest BCUT2D eigenvalue weighted by atomic mass is 10.3. The summed E-state index contributed by atoms with van der Waals surface area (Å²) in [6, 6.07) is 16.1. The second kappa shape index (κ2) is 6.81. The highest BCUT2D eigenvalue weighted by Gasteiger charge is 2.14. The summed E-state index contributed by atoms with van der Waals surface area (Å²) in [6.45, 7) is 0. The predicted octanol–water partition coefficient (Wildman–Crippen LogP) is 3.26. The van der Waals surface area contributed by atoms with E-state index in [-0.39, 0.29) is 5.75 Å². The van der Waals surface area contributed by atoms with Crippen molar-refractivity contribution in [1.82, 2.24) is 0 Å². The van der Waals surface area contributed by atoms with Crippen LogP contribution in [0.3, 0.4) is 0 Å². The van der Waals surface area contributed by atoms with E-state index in [9.17, 15) is 8.42 Å². The molecule has 2 aromatic carbocycles. The van der Waals surface area contributed by atoms with Gasteiger partial charge in [0.2, 0.25) is 0 Å². The summed E-state index contributed by atoms with van der Waals surface area (Å²) in [5.74, 6) is 1.38. The fourth-order valence-electron chi connectivity index (χ4n) is 1.75. The third-order valence-corrected chi connectivity index (χ3v) is 5.83. The minimum atomic E-state index is -3.21. The van der Waals surface area contributed by atoms with Gasteiger partial charge >= 0.3 is 0 Å². The molecular weight excluding hydrogens is 292 g/mol. The van der Waals surface area contributed by atoms with Crippen LogP contribution in [0.1, 0.15) is 0 Å². The van der Waals surface area contributed by atoms with Gasteiger partial charge in [0.05, 0.1) is 17.8 Å².